The Morgan fingerprint density at radius 3 is 2.43 bits per heavy atom. The van der Waals surface area contributed by atoms with Gasteiger partial charge in [-0.1, -0.05) is 30.3 Å². The molecule has 1 aromatic heterocycles. The number of morpholine rings is 1. The van der Waals surface area contributed by atoms with Gasteiger partial charge in [-0.2, -0.15) is 0 Å². The van der Waals surface area contributed by atoms with Crippen LogP contribution in [0.2, 0.25) is 0 Å². The van der Waals surface area contributed by atoms with Crippen molar-refractivity contribution in [2.45, 2.75) is 26.1 Å². The van der Waals surface area contributed by atoms with E-state index in [0.29, 0.717) is 24.7 Å². The van der Waals surface area contributed by atoms with Crippen LogP contribution >= 0.6 is 0 Å². The van der Waals surface area contributed by atoms with E-state index in [0.717, 1.165) is 5.56 Å². The van der Waals surface area contributed by atoms with Crippen molar-refractivity contribution in [3.8, 4) is 11.4 Å². The van der Waals surface area contributed by atoms with Crippen LogP contribution < -0.4 is 4.90 Å². The molecule has 0 bridgehead atoms. The molecule has 1 saturated heterocycles. The topological polar surface area (TPSA) is 75.6 Å². The summed E-state index contributed by atoms with van der Waals surface area (Å²) in [5.41, 5.74) is 0.798. The summed E-state index contributed by atoms with van der Waals surface area (Å²) in [5.74, 6) is -0.00858. The van der Waals surface area contributed by atoms with Crippen molar-refractivity contribution in [2.24, 2.45) is 0 Å². The molecule has 0 saturated carbocycles. The first-order valence-electron chi connectivity index (χ1n) is 7.61. The zero-order valence-electron chi connectivity index (χ0n) is 13.1. The molecule has 1 aliphatic rings. The van der Waals surface area contributed by atoms with Gasteiger partial charge in [0.05, 0.1) is 12.2 Å². The predicted octanol–water partition coefficient (Wildman–Crippen LogP) is 2.46. The van der Waals surface area contributed by atoms with Crippen LogP contribution in [0.15, 0.2) is 36.4 Å². The number of aromatic nitrogens is 2. The highest BCUT2D eigenvalue weighted by Crippen LogP contribution is 2.23. The van der Waals surface area contributed by atoms with Crippen LogP contribution in [0.3, 0.4) is 0 Å². The van der Waals surface area contributed by atoms with Crippen LogP contribution in [-0.2, 0) is 4.74 Å². The molecule has 2 aromatic rings. The Balaban J connectivity index is 2.03. The highest BCUT2D eigenvalue weighted by atomic mass is 16.5. The lowest BCUT2D eigenvalue weighted by atomic mass is 10.2. The Kier molecular flexibility index (Phi) is 4.25. The minimum absolute atomic E-state index is 0.000603. The van der Waals surface area contributed by atoms with E-state index in [4.69, 9.17) is 4.74 Å². The maximum Gasteiger partial charge on any atom is 0.354 e. The van der Waals surface area contributed by atoms with Crippen molar-refractivity contribution >= 4 is 11.8 Å². The Bertz CT molecular complexity index is 695. The first-order chi connectivity index (χ1) is 11.0. The Morgan fingerprint density at radius 1 is 1.17 bits per heavy atom. The maximum absolute atomic E-state index is 11.4. The first-order valence-corrected chi connectivity index (χ1v) is 7.61. The van der Waals surface area contributed by atoms with Gasteiger partial charge in [-0.3, -0.25) is 0 Å². The van der Waals surface area contributed by atoms with Crippen LogP contribution in [0.4, 0.5) is 5.82 Å². The molecule has 3 rings (SSSR count). The van der Waals surface area contributed by atoms with Crippen molar-refractivity contribution in [2.75, 3.05) is 18.0 Å². The smallest absolute Gasteiger partial charge is 0.354 e. The lowest BCUT2D eigenvalue weighted by molar-refractivity contribution is -0.00546. The van der Waals surface area contributed by atoms with E-state index in [-0.39, 0.29) is 17.9 Å². The van der Waals surface area contributed by atoms with Gasteiger partial charge in [0.15, 0.2) is 11.5 Å². The standard InChI is InChI=1S/C17H19N3O3/c1-11-9-20(10-12(2)23-11)15-8-14(17(21)22)18-16(19-15)13-6-4-3-5-7-13/h3-8,11-12H,9-10H2,1-2H3,(H,21,22)/t11-,12+. The molecule has 120 valence electrons. The van der Waals surface area contributed by atoms with Crippen LogP contribution in [0, 0.1) is 0 Å². The van der Waals surface area contributed by atoms with E-state index in [1.807, 2.05) is 44.2 Å². The zero-order valence-corrected chi connectivity index (χ0v) is 13.1. The minimum atomic E-state index is -1.06. The molecule has 0 unspecified atom stereocenters. The van der Waals surface area contributed by atoms with Crippen molar-refractivity contribution in [3.63, 3.8) is 0 Å². The van der Waals surface area contributed by atoms with Crippen LogP contribution in [0.1, 0.15) is 24.3 Å². The van der Waals surface area contributed by atoms with Gasteiger partial charge in [0, 0.05) is 24.7 Å². The Hall–Kier alpha value is -2.47. The summed E-state index contributed by atoms with van der Waals surface area (Å²) < 4.78 is 5.73. The monoisotopic (exact) mass is 313 g/mol. The maximum atomic E-state index is 11.4. The van der Waals surface area contributed by atoms with Gasteiger partial charge >= 0.3 is 5.97 Å². The molecule has 0 aliphatic carbocycles. The predicted molar refractivity (Wildman–Crippen MR) is 86.6 cm³/mol. The third-order valence-corrected chi connectivity index (χ3v) is 3.71. The summed E-state index contributed by atoms with van der Waals surface area (Å²) in [7, 11) is 0. The molecule has 23 heavy (non-hydrogen) atoms. The fourth-order valence-electron chi connectivity index (χ4n) is 2.79. The number of hydrogen-bond donors (Lipinski definition) is 1. The SMILES string of the molecule is C[C@@H]1CN(c2cc(C(=O)O)nc(-c3ccccc3)n2)C[C@H](C)O1. The molecule has 6 heteroatoms. The lowest BCUT2D eigenvalue weighted by Gasteiger charge is -2.36. The van der Waals surface area contributed by atoms with Gasteiger partial charge < -0.3 is 14.7 Å². The molecule has 1 aliphatic heterocycles. The van der Waals surface area contributed by atoms with Gasteiger partial charge in [-0.05, 0) is 13.8 Å². The second kappa shape index (κ2) is 6.34. The van der Waals surface area contributed by atoms with E-state index in [2.05, 4.69) is 14.9 Å². The third kappa shape index (κ3) is 3.48. The van der Waals surface area contributed by atoms with Gasteiger partial charge in [0.2, 0.25) is 0 Å². The molecule has 0 amide bonds. The molecule has 2 atom stereocenters. The number of ether oxygens (including phenoxy) is 1. The molecule has 2 heterocycles. The summed E-state index contributed by atoms with van der Waals surface area (Å²) in [6.45, 7) is 5.35. The number of carboxylic acid groups (broad SMARTS) is 1. The van der Waals surface area contributed by atoms with Gasteiger partial charge in [-0.25, -0.2) is 14.8 Å². The fourth-order valence-corrected chi connectivity index (χ4v) is 2.79. The zero-order chi connectivity index (χ0) is 16.4. The van der Waals surface area contributed by atoms with Gasteiger partial charge in [0.25, 0.3) is 0 Å². The molecule has 0 spiro atoms. The van der Waals surface area contributed by atoms with Crippen molar-refractivity contribution in [1.82, 2.24) is 9.97 Å². The van der Waals surface area contributed by atoms with Crippen LogP contribution in [-0.4, -0.2) is 46.3 Å². The van der Waals surface area contributed by atoms with Gasteiger partial charge in [0.1, 0.15) is 5.82 Å². The summed E-state index contributed by atoms with van der Waals surface area (Å²) in [6, 6.07) is 10.9. The third-order valence-electron chi connectivity index (χ3n) is 3.71. The molecule has 6 nitrogen and oxygen atoms in total. The van der Waals surface area contributed by atoms with Crippen molar-refractivity contribution in [3.05, 3.63) is 42.1 Å². The fraction of sp³-hybridized carbons (Fsp3) is 0.353. The Morgan fingerprint density at radius 2 is 1.83 bits per heavy atom. The van der Waals surface area contributed by atoms with Crippen molar-refractivity contribution in [1.29, 1.82) is 0 Å². The highest BCUT2D eigenvalue weighted by Gasteiger charge is 2.25. The normalized spacial score (nSPS) is 21.2. The number of carboxylic acids is 1. The van der Waals surface area contributed by atoms with E-state index in [9.17, 15) is 9.90 Å². The molecule has 0 radical (unpaired) electrons. The average molecular weight is 313 g/mol. The van der Waals surface area contributed by atoms with E-state index in [1.165, 1.54) is 6.07 Å². The summed E-state index contributed by atoms with van der Waals surface area (Å²) >= 11 is 0. The van der Waals surface area contributed by atoms with Gasteiger partial charge in [-0.15, -0.1) is 0 Å². The number of hydrogen-bond acceptors (Lipinski definition) is 5. The molecule has 1 fully saturated rings. The van der Waals surface area contributed by atoms with Crippen LogP contribution in [0.25, 0.3) is 11.4 Å². The number of rotatable bonds is 3. The van der Waals surface area contributed by atoms with Crippen LogP contribution in [0.5, 0.6) is 0 Å². The largest absolute Gasteiger partial charge is 0.477 e. The van der Waals surface area contributed by atoms with E-state index >= 15 is 0 Å². The summed E-state index contributed by atoms with van der Waals surface area (Å²) in [4.78, 5) is 22.2. The number of nitrogens with zero attached hydrogens (tertiary/aromatic N) is 3. The minimum Gasteiger partial charge on any atom is -0.477 e. The molecule has 1 N–H and O–H groups in total. The first kappa shape index (κ1) is 15.4. The second-order valence-corrected chi connectivity index (χ2v) is 5.77. The highest BCUT2D eigenvalue weighted by molar-refractivity contribution is 5.87. The van der Waals surface area contributed by atoms with E-state index < -0.39 is 5.97 Å². The summed E-state index contributed by atoms with van der Waals surface area (Å²) in [5, 5.41) is 9.35. The molecular weight excluding hydrogens is 294 g/mol. The quantitative estimate of drug-likeness (QED) is 0.938. The van der Waals surface area contributed by atoms with E-state index in [1.54, 1.807) is 0 Å². The molecular formula is C17H19N3O3. The Labute approximate surface area is 134 Å². The average Bonchev–Trinajstić information content (AvgIpc) is 2.54. The second-order valence-electron chi connectivity index (χ2n) is 5.77. The number of anilines is 1. The molecule has 1 aromatic carbocycles. The van der Waals surface area contributed by atoms with Crippen molar-refractivity contribution < 1.29 is 14.6 Å². The number of benzene rings is 1. The lowest BCUT2D eigenvalue weighted by Crippen LogP contribution is -2.46. The number of carbonyl (C=O) groups is 1. The number of aromatic carboxylic acids is 1. The summed E-state index contributed by atoms with van der Waals surface area (Å²) in [6.07, 6.45) is 0.143.